The highest BCUT2D eigenvalue weighted by Crippen LogP contribution is 2.26. The Balaban J connectivity index is 1.64. The van der Waals surface area contributed by atoms with E-state index in [-0.39, 0.29) is 56.6 Å². The van der Waals surface area contributed by atoms with Crippen LogP contribution in [0.1, 0.15) is 95.8 Å². The van der Waals surface area contributed by atoms with Gasteiger partial charge >= 0.3 is 11.9 Å². The number of amides is 7. The molecule has 394 valence electrons. The number of carboxylic acids is 1. The molecule has 73 heavy (non-hydrogen) atoms. The van der Waals surface area contributed by atoms with Gasteiger partial charge in [0.15, 0.2) is 0 Å². The number of unbranched alkanes of at least 4 members (excludes halogenated alkanes) is 2. The molecule has 2 heterocycles. The summed E-state index contributed by atoms with van der Waals surface area (Å²) in [6.07, 6.45) is -2.75. The summed E-state index contributed by atoms with van der Waals surface area (Å²) in [4.78, 5) is 130. The minimum absolute atomic E-state index is 0.0116. The molecule has 9 atom stereocenters. The molecule has 0 aromatic heterocycles. The molecule has 2 aliphatic rings. The fraction of sp³-hybridized carbons (Fsp3) is 0.491. The number of aliphatic carboxylic acids is 1. The molecule has 8 N–H and O–H groups in total. The predicted octanol–water partition coefficient (Wildman–Crippen LogP) is 2.03. The second-order valence-electron chi connectivity index (χ2n) is 19.2. The molecule has 2 aliphatic heterocycles. The Bertz CT molecular complexity index is 2400. The molecule has 2 fully saturated rings. The Kier molecular flexibility index (Phi) is 20.9. The molecule has 9 unspecified atom stereocenters. The number of esters is 1. The van der Waals surface area contributed by atoms with E-state index in [2.05, 4.69) is 26.6 Å². The molecule has 0 aliphatic carbocycles. The first-order valence-corrected chi connectivity index (χ1v) is 24.8. The molecule has 3 aromatic carbocycles. The summed E-state index contributed by atoms with van der Waals surface area (Å²) in [7, 11) is 1.39. The Labute approximate surface area is 425 Å². The van der Waals surface area contributed by atoms with Crippen molar-refractivity contribution in [1.82, 2.24) is 36.4 Å². The first-order chi connectivity index (χ1) is 34.8. The van der Waals surface area contributed by atoms with Gasteiger partial charge in [0.05, 0.1) is 6.42 Å². The fourth-order valence-corrected chi connectivity index (χ4v) is 8.91. The van der Waals surface area contributed by atoms with E-state index in [1.165, 1.54) is 43.1 Å². The number of rotatable bonds is 17. The summed E-state index contributed by atoms with van der Waals surface area (Å²) in [5.74, 6) is -8.98. The van der Waals surface area contributed by atoms with E-state index < -0.39 is 114 Å². The number of nitrogens with zero attached hydrogens (tertiary/aromatic N) is 2. The molecule has 0 radical (unpaired) electrons. The molecular formula is C53H69N7O13. The minimum Gasteiger partial charge on any atom is -0.508 e. The van der Waals surface area contributed by atoms with Crippen molar-refractivity contribution in [3.63, 3.8) is 0 Å². The van der Waals surface area contributed by atoms with E-state index in [0.29, 0.717) is 29.5 Å². The molecule has 5 rings (SSSR count). The van der Waals surface area contributed by atoms with Gasteiger partial charge in [-0.25, -0.2) is 4.79 Å². The molecular weight excluding hydrogens is 943 g/mol. The molecule has 0 saturated carbocycles. The van der Waals surface area contributed by atoms with Gasteiger partial charge in [-0.1, -0.05) is 106 Å². The standard InChI is InChI=1S/C53H69N7O13/c1-6-7-10-19-43(62)54-39(30-45(64)65)48(67)58-46-32(4)73-53(72)40(26-31(2)3)57-49(68)41(28-33-15-11-8-12-16-33)59(5)52(71)42(29-34-17-13-9-14-18-34)60-44(63)25-24-37(51(60)70)55-47(66)38(56-50(46)69)27-35-20-22-36(61)23-21-35/h8-9,11-18,20-23,31-32,37-42,44,46,61,63H,6-7,10,19,24-30H2,1-5H3,(H,54,62)(H,55,66)(H,56,69)(H,57,68)(H,58,67)(H,64,65). The zero-order valence-corrected chi connectivity index (χ0v) is 42.0. The second-order valence-corrected chi connectivity index (χ2v) is 19.2. The van der Waals surface area contributed by atoms with Crippen LogP contribution < -0.4 is 26.6 Å². The Morgan fingerprint density at radius 1 is 0.740 bits per heavy atom. The van der Waals surface area contributed by atoms with Crippen molar-refractivity contribution >= 4 is 53.3 Å². The Morgan fingerprint density at radius 2 is 1.33 bits per heavy atom. The van der Waals surface area contributed by atoms with Gasteiger partial charge < -0.3 is 56.4 Å². The smallest absolute Gasteiger partial charge is 0.328 e. The van der Waals surface area contributed by atoms with Crippen LogP contribution in [0.4, 0.5) is 0 Å². The van der Waals surface area contributed by atoms with Crippen molar-refractivity contribution in [2.75, 3.05) is 7.05 Å². The number of phenolic OH excluding ortho intramolecular Hbond substituents is 1. The third-order valence-electron chi connectivity index (χ3n) is 12.9. The Morgan fingerprint density at radius 3 is 1.92 bits per heavy atom. The van der Waals surface area contributed by atoms with E-state index in [1.54, 1.807) is 74.5 Å². The average molecular weight is 1010 g/mol. The number of likely N-dealkylation sites (N-methyl/N-ethyl adjacent to an activating group) is 1. The number of aromatic hydroxyl groups is 1. The lowest BCUT2D eigenvalue weighted by Crippen LogP contribution is -2.65. The van der Waals surface area contributed by atoms with Gasteiger partial charge in [-0.3, -0.25) is 38.4 Å². The van der Waals surface area contributed by atoms with Crippen LogP contribution in [0.2, 0.25) is 0 Å². The maximum Gasteiger partial charge on any atom is 0.328 e. The van der Waals surface area contributed by atoms with Crippen LogP contribution >= 0.6 is 0 Å². The number of aliphatic hydroxyl groups excluding tert-OH is 1. The van der Waals surface area contributed by atoms with E-state index >= 15 is 4.79 Å². The van der Waals surface area contributed by atoms with Crippen LogP contribution in [-0.2, 0) is 67.2 Å². The van der Waals surface area contributed by atoms with Crippen LogP contribution in [0.15, 0.2) is 84.9 Å². The maximum absolute atomic E-state index is 15.1. The maximum atomic E-state index is 15.1. The number of cyclic esters (lactones) is 1. The predicted molar refractivity (Wildman–Crippen MR) is 266 cm³/mol. The molecule has 0 spiro atoms. The largest absolute Gasteiger partial charge is 0.508 e. The third-order valence-corrected chi connectivity index (χ3v) is 12.9. The molecule has 2 bridgehead atoms. The lowest BCUT2D eigenvalue weighted by molar-refractivity contribution is -0.165. The highest BCUT2D eigenvalue weighted by molar-refractivity contribution is 5.99. The summed E-state index contributed by atoms with van der Waals surface area (Å²) in [6, 6.07) is 12.5. The lowest BCUT2D eigenvalue weighted by atomic mass is 9.95. The summed E-state index contributed by atoms with van der Waals surface area (Å²) < 4.78 is 5.91. The number of benzene rings is 3. The normalized spacial score (nSPS) is 23.9. The number of piperidine rings is 1. The summed E-state index contributed by atoms with van der Waals surface area (Å²) >= 11 is 0. The van der Waals surface area contributed by atoms with Crippen LogP contribution in [0.25, 0.3) is 0 Å². The zero-order valence-electron chi connectivity index (χ0n) is 42.0. The molecule has 2 saturated heterocycles. The van der Waals surface area contributed by atoms with Gasteiger partial charge in [-0.15, -0.1) is 0 Å². The number of hydrogen-bond donors (Lipinski definition) is 8. The summed E-state index contributed by atoms with van der Waals surface area (Å²) in [5.41, 5.74) is 1.67. The van der Waals surface area contributed by atoms with Crippen LogP contribution in [-0.4, -0.2) is 140 Å². The first kappa shape index (κ1) is 56.6. The van der Waals surface area contributed by atoms with Crippen LogP contribution in [0.3, 0.4) is 0 Å². The number of nitrogens with one attached hydrogen (secondary N) is 5. The highest BCUT2D eigenvalue weighted by Gasteiger charge is 2.46. The highest BCUT2D eigenvalue weighted by atomic mass is 16.5. The van der Waals surface area contributed by atoms with Gasteiger partial charge in [0.25, 0.3) is 0 Å². The van der Waals surface area contributed by atoms with E-state index in [4.69, 9.17) is 4.74 Å². The number of aliphatic hydroxyl groups is 1. The molecule has 7 amide bonds. The lowest BCUT2D eigenvalue weighted by Gasteiger charge is -2.43. The summed E-state index contributed by atoms with van der Waals surface area (Å²) in [5, 5.41) is 44.4. The fourth-order valence-electron chi connectivity index (χ4n) is 8.91. The van der Waals surface area contributed by atoms with E-state index in [1.807, 2.05) is 6.92 Å². The van der Waals surface area contributed by atoms with Gasteiger partial charge in [0.2, 0.25) is 41.4 Å². The van der Waals surface area contributed by atoms with Crippen molar-refractivity contribution in [2.24, 2.45) is 5.92 Å². The number of carbonyl (C=O) groups is 9. The number of carbonyl (C=O) groups excluding carboxylic acids is 8. The van der Waals surface area contributed by atoms with Gasteiger partial charge in [-0.05, 0) is 67.3 Å². The summed E-state index contributed by atoms with van der Waals surface area (Å²) in [6.45, 7) is 6.76. The van der Waals surface area contributed by atoms with Crippen LogP contribution in [0.5, 0.6) is 5.75 Å². The zero-order chi connectivity index (χ0) is 53.4. The topological polar surface area (TPSA) is 290 Å². The number of ether oxygens (including phenoxy) is 1. The van der Waals surface area contributed by atoms with Gasteiger partial charge in [0, 0.05) is 32.7 Å². The second kappa shape index (κ2) is 26.9. The number of fused-ring (bicyclic) bond motifs is 2. The monoisotopic (exact) mass is 1010 g/mol. The average Bonchev–Trinajstić information content (AvgIpc) is 3.35. The van der Waals surface area contributed by atoms with E-state index in [9.17, 15) is 53.7 Å². The van der Waals surface area contributed by atoms with Crippen molar-refractivity contribution < 1.29 is 63.2 Å². The third kappa shape index (κ3) is 16.3. The van der Waals surface area contributed by atoms with Crippen molar-refractivity contribution in [1.29, 1.82) is 0 Å². The molecule has 20 heteroatoms. The minimum atomic E-state index is -1.88. The van der Waals surface area contributed by atoms with Crippen molar-refractivity contribution in [3.05, 3.63) is 102 Å². The number of phenols is 1. The first-order valence-electron chi connectivity index (χ1n) is 24.8. The number of carboxylic acid groups (broad SMARTS) is 1. The molecule has 3 aromatic rings. The SMILES string of the molecule is CCCCCC(=O)NC(CC(=O)O)C(=O)NC1C(=O)NC(Cc2ccc(O)cc2)C(=O)NC2CCC(O)N(C2=O)C(Cc2ccccc2)C(=O)N(C)C(Cc2ccccc2)C(=O)NC(CC(C)C)C(=O)OC1C. The quantitative estimate of drug-likeness (QED) is 0.0711. The van der Waals surface area contributed by atoms with Crippen LogP contribution in [0, 0.1) is 5.92 Å². The van der Waals surface area contributed by atoms with Crippen molar-refractivity contribution in [2.45, 2.75) is 153 Å². The van der Waals surface area contributed by atoms with E-state index in [0.717, 1.165) is 11.3 Å². The van der Waals surface area contributed by atoms with Gasteiger partial charge in [-0.2, -0.15) is 0 Å². The van der Waals surface area contributed by atoms with Gasteiger partial charge in [0.1, 0.15) is 60.4 Å². The molecule has 20 nitrogen and oxygen atoms in total. The van der Waals surface area contributed by atoms with Crippen molar-refractivity contribution in [3.8, 4) is 5.75 Å². The Hall–Kier alpha value is -7.35. The number of hydrogen-bond acceptors (Lipinski definition) is 12.